The van der Waals surface area contributed by atoms with Gasteiger partial charge in [-0.25, -0.2) is 14.3 Å². The molecule has 1 saturated heterocycles. The van der Waals surface area contributed by atoms with E-state index in [9.17, 15) is 24.4 Å². The Kier molecular flexibility index (Phi) is 6.84. The van der Waals surface area contributed by atoms with E-state index in [1.807, 2.05) is 22.8 Å². The first-order chi connectivity index (χ1) is 12.6. The average Bonchev–Trinajstić information content (AvgIpc) is 3.15. The van der Waals surface area contributed by atoms with Crippen LogP contribution in [0.2, 0.25) is 0 Å². The zero-order valence-corrected chi connectivity index (χ0v) is 14.9. The molecule has 1 aliphatic rings. The van der Waals surface area contributed by atoms with Gasteiger partial charge in [0.15, 0.2) is 6.23 Å². The van der Waals surface area contributed by atoms with E-state index in [0.29, 0.717) is 0 Å². The number of H-pyrrole nitrogens is 1. The van der Waals surface area contributed by atoms with Gasteiger partial charge in [-0.1, -0.05) is 0 Å². The number of aryl methyl sites for hydroxylation is 1. The molecule has 0 spiro atoms. The van der Waals surface area contributed by atoms with Gasteiger partial charge in [-0.05, 0) is 0 Å². The molecule has 1 fully saturated rings. The molecule has 0 amide bonds. The van der Waals surface area contributed by atoms with Crippen molar-refractivity contribution in [1.82, 2.24) is 19.1 Å². The Balaban J connectivity index is 0.000000369. The Hall–Kier alpha value is -2.12. The largest absolute Gasteiger partial charge is 0.469 e. The van der Waals surface area contributed by atoms with Crippen LogP contribution in [0.5, 0.6) is 0 Å². The van der Waals surface area contributed by atoms with E-state index in [-0.39, 0.29) is 0 Å². The molecule has 1 aliphatic heterocycles. The molecule has 0 aliphatic carbocycles. The smallest absolute Gasteiger partial charge is 0.387 e. The number of ether oxygens (including phenoxy) is 1. The molecule has 0 aromatic carbocycles. The van der Waals surface area contributed by atoms with E-state index < -0.39 is 50.2 Å². The lowest BCUT2D eigenvalue weighted by atomic mass is 10.1. The van der Waals surface area contributed by atoms with Gasteiger partial charge in [0.05, 0.1) is 12.9 Å². The standard InChI is InChI=1S/C9H13N2O9P.C4H6N2/c12-5-1-2-11(9(15)10-5)8-7(14)6(13)4(20-8)3-19-21(16,17)18;1-6-3-2-5-4-6/h1-2,4,6-8,13-14H,3H2,(H,10,12,15)(H2,16,17,18);2-4H,1H3/t4-,6-,7-,8-;/m1./s1. The van der Waals surface area contributed by atoms with Crippen molar-refractivity contribution >= 4 is 7.82 Å². The zero-order valence-electron chi connectivity index (χ0n) is 14.0. The number of phosphoric ester groups is 1. The highest BCUT2D eigenvalue weighted by molar-refractivity contribution is 7.46. The van der Waals surface area contributed by atoms with Crippen LogP contribution in [0.15, 0.2) is 40.6 Å². The minimum absolute atomic E-state index is 0.648. The summed E-state index contributed by atoms with van der Waals surface area (Å²) >= 11 is 0. The summed E-state index contributed by atoms with van der Waals surface area (Å²) in [6.07, 6.45) is 0.805. The van der Waals surface area contributed by atoms with Gasteiger partial charge >= 0.3 is 13.5 Å². The Morgan fingerprint density at radius 2 is 2.00 bits per heavy atom. The van der Waals surface area contributed by atoms with Crippen molar-refractivity contribution in [3.63, 3.8) is 0 Å². The summed E-state index contributed by atoms with van der Waals surface area (Å²) in [5.41, 5.74) is -1.51. The average molecular weight is 406 g/mol. The number of hydrogen-bond donors (Lipinski definition) is 5. The number of imidazole rings is 1. The van der Waals surface area contributed by atoms with Crippen molar-refractivity contribution in [2.75, 3.05) is 6.61 Å². The van der Waals surface area contributed by atoms with Crippen molar-refractivity contribution in [3.05, 3.63) is 51.8 Å². The Morgan fingerprint density at radius 1 is 1.30 bits per heavy atom. The van der Waals surface area contributed by atoms with Gasteiger partial charge in [0.25, 0.3) is 5.56 Å². The lowest BCUT2D eigenvalue weighted by Crippen LogP contribution is -2.37. The third-order valence-electron chi connectivity index (χ3n) is 3.51. The molecule has 2 aromatic heterocycles. The lowest BCUT2D eigenvalue weighted by molar-refractivity contribution is -0.0543. The van der Waals surface area contributed by atoms with E-state index in [0.717, 1.165) is 16.8 Å². The van der Waals surface area contributed by atoms with Crippen LogP contribution in [0.3, 0.4) is 0 Å². The van der Waals surface area contributed by atoms with Crippen LogP contribution in [0, 0.1) is 0 Å². The summed E-state index contributed by atoms with van der Waals surface area (Å²) in [5.74, 6) is 0. The predicted octanol–water partition coefficient (Wildman–Crippen LogP) is -2.31. The minimum atomic E-state index is -4.76. The fourth-order valence-corrected chi connectivity index (χ4v) is 2.56. The summed E-state index contributed by atoms with van der Waals surface area (Å²) in [6, 6.07) is 1.02. The minimum Gasteiger partial charge on any atom is -0.387 e. The van der Waals surface area contributed by atoms with Crippen LogP contribution in [-0.2, 0) is 20.9 Å². The van der Waals surface area contributed by atoms with Crippen LogP contribution < -0.4 is 11.2 Å². The summed E-state index contributed by atoms with van der Waals surface area (Å²) < 4.78 is 22.7. The number of aromatic amines is 1. The maximum atomic E-state index is 11.6. The van der Waals surface area contributed by atoms with Crippen molar-refractivity contribution in [3.8, 4) is 0 Å². The summed E-state index contributed by atoms with van der Waals surface area (Å²) in [7, 11) is -2.82. The quantitative estimate of drug-likeness (QED) is 0.345. The van der Waals surface area contributed by atoms with Crippen LogP contribution in [0.25, 0.3) is 0 Å². The van der Waals surface area contributed by atoms with Crippen LogP contribution in [-0.4, -0.2) is 64.0 Å². The zero-order chi connectivity index (χ0) is 20.2. The highest BCUT2D eigenvalue weighted by Crippen LogP contribution is 2.38. The first kappa shape index (κ1) is 21.2. The number of aliphatic hydroxyl groups is 2. The Labute approximate surface area is 151 Å². The molecule has 0 bridgehead atoms. The number of rotatable bonds is 4. The second-order valence-corrected chi connectivity index (χ2v) is 6.82. The number of aromatic nitrogens is 4. The molecule has 0 unspecified atom stereocenters. The topological polar surface area (TPSA) is 189 Å². The molecular formula is C13H19N4O9P. The van der Waals surface area contributed by atoms with Crippen LogP contribution in [0.4, 0.5) is 0 Å². The molecule has 4 atom stereocenters. The Morgan fingerprint density at radius 3 is 2.48 bits per heavy atom. The van der Waals surface area contributed by atoms with E-state index in [4.69, 9.17) is 14.5 Å². The fourth-order valence-electron chi connectivity index (χ4n) is 2.22. The first-order valence-electron chi connectivity index (χ1n) is 7.53. The van der Waals surface area contributed by atoms with E-state index >= 15 is 0 Å². The van der Waals surface area contributed by atoms with Gasteiger partial charge in [-0.15, -0.1) is 0 Å². The first-order valence-corrected chi connectivity index (χ1v) is 9.06. The second-order valence-electron chi connectivity index (χ2n) is 5.58. The van der Waals surface area contributed by atoms with E-state index in [2.05, 4.69) is 9.51 Å². The van der Waals surface area contributed by atoms with Gasteiger partial charge < -0.3 is 29.3 Å². The number of nitrogens with one attached hydrogen (secondary N) is 1. The Bertz CT molecular complexity index is 890. The van der Waals surface area contributed by atoms with Crippen molar-refractivity contribution in [2.45, 2.75) is 24.5 Å². The number of hydrogen-bond acceptors (Lipinski definition) is 8. The van der Waals surface area contributed by atoms with Crippen molar-refractivity contribution in [1.29, 1.82) is 0 Å². The SMILES string of the molecule is Cn1ccnc1.O=c1ccn([C@@H]2O[C@H](COP(=O)(O)O)[C@@H](O)[C@H]2O)c(=O)[nH]1. The number of nitrogens with zero attached hydrogens (tertiary/aromatic N) is 3. The van der Waals surface area contributed by atoms with Crippen molar-refractivity contribution < 1.29 is 33.8 Å². The van der Waals surface area contributed by atoms with E-state index in [1.54, 1.807) is 12.5 Å². The van der Waals surface area contributed by atoms with Crippen LogP contribution >= 0.6 is 7.82 Å². The normalized spacial score (nSPS) is 25.1. The van der Waals surface area contributed by atoms with Gasteiger partial charge in [-0.2, -0.15) is 0 Å². The molecule has 3 rings (SSSR count). The summed E-state index contributed by atoms with van der Waals surface area (Å²) in [5, 5.41) is 19.6. The third kappa shape index (κ3) is 5.94. The van der Waals surface area contributed by atoms with E-state index in [1.165, 1.54) is 0 Å². The maximum Gasteiger partial charge on any atom is 0.469 e. The van der Waals surface area contributed by atoms with Gasteiger partial charge in [0.1, 0.15) is 18.3 Å². The molecule has 5 N–H and O–H groups in total. The fraction of sp³-hybridized carbons (Fsp3) is 0.462. The summed E-state index contributed by atoms with van der Waals surface area (Å²) in [6.45, 7) is -0.683. The molecule has 27 heavy (non-hydrogen) atoms. The van der Waals surface area contributed by atoms with Gasteiger partial charge in [-0.3, -0.25) is 18.9 Å². The highest BCUT2D eigenvalue weighted by Gasteiger charge is 2.44. The molecule has 150 valence electrons. The van der Waals surface area contributed by atoms with Gasteiger partial charge in [0, 0.05) is 31.7 Å². The van der Waals surface area contributed by atoms with Gasteiger partial charge in [0.2, 0.25) is 0 Å². The molecule has 14 heteroatoms. The van der Waals surface area contributed by atoms with Crippen LogP contribution in [0.1, 0.15) is 6.23 Å². The maximum absolute atomic E-state index is 11.6. The molecule has 3 heterocycles. The second kappa shape index (κ2) is 8.71. The third-order valence-corrected chi connectivity index (χ3v) is 3.99. The molecule has 2 aromatic rings. The number of aliphatic hydroxyl groups excluding tert-OH is 2. The predicted molar refractivity (Wildman–Crippen MR) is 88.5 cm³/mol. The number of phosphoric acid groups is 1. The molecule has 0 saturated carbocycles. The molecule has 0 radical (unpaired) electrons. The summed E-state index contributed by atoms with van der Waals surface area (Å²) in [4.78, 5) is 45.4. The molecular weight excluding hydrogens is 387 g/mol. The highest BCUT2D eigenvalue weighted by atomic mass is 31.2. The monoisotopic (exact) mass is 406 g/mol. The lowest BCUT2D eigenvalue weighted by Gasteiger charge is -2.16. The van der Waals surface area contributed by atoms with Crippen molar-refractivity contribution in [2.24, 2.45) is 7.05 Å². The molecule has 13 nitrogen and oxygen atoms in total.